The molecule has 4 nitrogen and oxygen atoms in total. The predicted molar refractivity (Wildman–Crippen MR) is 103 cm³/mol. The first-order valence-electron chi connectivity index (χ1n) is 9.46. The van der Waals surface area contributed by atoms with Gasteiger partial charge >= 0.3 is 0 Å². The van der Waals surface area contributed by atoms with Gasteiger partial charge in [0, 0.05) is 43.1 Å². The van der Waals surface area contributed by atoms with E-state index in [2.05, 4.69) is 45.5 Å². The van der Waals surface area contributed by atoms with Crippen LogP contribution in [0.2, 0.25) is 0 Å². The second kappa shape index (κ2) is 7.83. The van der Waals surface area contributed by atoms with E-state index >= 15 is 0 Å². The van der Waals surface area contributed by atoms with Crippen molar-refractivity contribution in [3.05, 3.63) is 72.1 Å². The van der Waals surface area contributed by atoms with Crippen LogP contribution in [-0.4, -0.2) is 33.9 Å². The van der Waals surface area contributed by atoms with Crippen molar-refractivity contribution < 1.29 is 4.79 Å². The van der Waals surface area contributed by atoms with Gasteiger partial charge in [0.05, 0.1) is 0 Å². The number of carbonyl (C=O) groups is 1. The highest BCUT2D eigenvalue weighted by Crippen LogP contribution is 2.36. The minimum absolute atomic E-state index is 0.00485. The number of nitrogens with zero attached hydrogens (tertiary/aromatic N) is 2. The zero-order valence-electron chi connectivity index (χ0n) is 14.9. The van der Waals surface area contributed by atoms with Crippen LogP contribution in [0.15, 0.2) is 60.9 Å². The Kier molecular flexibility index (Phi) is 5.12. The average molecular weight is 347 g/mol. The minimum atomic E-state index is -0.00485. The lowest BCUT2D eigenvalue weighted by molar-refractivity contribution is -0.117. The second-order valence-electron chi connectivity index (χ2n) is 7.34. The Bertz CT molecular complexity index is 745. The van der Waals surface area contributed by atoms with Crippen LogP contribution in [0, 0.1) is 0 Å². The van der Waals surface area contributed by atoms with Gasteiger partial charge < -0.3 is 5.32 Å². The number of carbonyl (C=O) groups excluding carboxylic acids is 1. The van der Waals surface area contributed by atoms with Crippen molar-refractivity contribution in [2.75, 3.05) is 0 Å². The third-order valence-electron chi connectivity index (χ3n) is 5.55. The Balaban J connectivity index is 1.32. The quantitative estimate of drug-likeness (QED) is 0.843. The number of aromatic nitrogens is 1. The van der Waals surface area contributed by atoms with E-state index in [4.69, 9.17) is 0 Å². The first-order chi connectivity index (χ1) is 12.8. The van der Waals surface area contributed by atoms with Gasteiger partial charge in [-0.1, -0.05) is 36.4 Å². The molecule has 1 unspecified atom stereocenters. The maximum atomic E-state index is 12.3. The SMILES string of the molecule is O=C(/C=C/c1cccnc1)NC1C[C@H]2CC[C@@H](C1)N2Cc1ccccc1. The number of hydrogen-bond acceptors (Lipinski definition) is 3. The Hall–Kier alpha value is -2.46. The summed E-state index contributed by atoms with van der Waals surface area (Å²) in [6.07, 6.45) is 11.5. The molecule has 1 amide bonds. The molecule has 2 aromatic rings. The van der Waals surface area contributed by atoms with E-state index in [9.17, 15) is 4.79 Å². The summed E-state index contributed by atoms with van der Waals surface area (Å²) in [5.74, 6) is -0.00485. The fraction of sp³-hybridized carbons (Fsp3) is 0.364. The summed E-state index contributed by atoms with van der Waals surface area (Å²) in [7, 11) is 0. The molecule has 0 saturated carbocycles. The van der Waals surface area contributed by atoms with Crippen molar-refractivity contribution >= 4 is 12.0 Å². The summed E-state index contributed by atoms with van der Waals surface area (Å²) >= 11 is 0. The molecule has 4 rings (SSSR count). The van der Waals surface area contributed by atoms with Gasteiger partial charge in [0.1, 0.15) is 0 Å². The van der Waals surface area contributed by atoms with Crippen molar-refractivity contribution in [1.29, 1.82) is 0 Å². The maximum absolute atomic E-state index is 12.3. The van der Waals surface area contributed by atoms with Crippen molar-refractivity contribution in [2.45, 2.75) is 50.4 Å². The fourth-order valence-corrected chi connectivity index (χ4v) is 4.34. The van der Waals surface area contributed by atoms with E-state index in [0.717, 1.165) is 24.9 Å². The molecule has 2 fully saturated rings. The number of pyridine rings is 1. The molecule has 2 aliphatic heterocycles. The molecule has 1 aromatic carbocycles. The van der Waals surface area contributed by atoms with E-state index in [1.165, 1.54) is 18.4 Å². The summed E-state index contributed by atoms with van der Waals surface area (Å²) < 4.78 is 0. The van der Waals surface area contributed by atoms with Gasteiger partial charge in [0.15, 0.2) is 0 Å². The zero-order valence-corrected chi connectivity index (χ0v) is 14.9. The van der Waals surface area contributed by atoms with Crippen LogP contribution in [0.3, 0.4) is 0 Å². The molecule has 26 heavy (non-hydrogen) atoms. The predicted octanol–water partition coefficient (Wildman–Crippen LogP) is 3.41. The van der Waals surface area contributed by atoms with Crippen LogP contribution < -0.4 is 5.32 Å². The van der Waals surface area contributed by atoms with E-state index < -0.39 is 0 Å². The number of piperidine rings is 1. The highest BCUT2D eigenvalue weighted by atomic mass is 16.1. The van der Waals surface area contributed by atoms with Gasteiger partial charge in [-0.05, 0) is 49.0 Å². The normalized spacial score (nSPS) is 25.5. The Morgan fingerprint density at radius 1 is 1.12 bits per heavy atom. The van der Waals surface area contributed by atoms with Crippen LogP contribution in [-0.2, 0) is 11.3 Å². The summed E-state index contributed by atoms with van der Waals surface area (Å²) in [5, 5.41) is 3.20. The third kappa shape index (κ3) is 4.02. The molecule has 0 radical (unpaired) electrons. The lowest BCUT2D eigenvalue weighted by Crippen LogP contribution is -2.49. The van der Waals surface area contributed by atoms with E-state index in [0.29, 0.717) is 12.1 Å². The van der Waals surface area contributed by atoms with Crippen molar-refractivity contribution in [1.82, 2.24) is 15.2 Å². The molecule has 2 aliphatic rings. The Morgan fingerprint density at radius 2 is 1.88 bits per heavy atom. The van der Waals surface area contributed by atoms with Crippen LogP contribution in [0.4, 0.5) is 0 Å². The number of hydrogen-bond donors (Lipinski definition) is 1. The average Bonchev–Trinajstić information content (AvgIpc) is 2.90. The molecule has 3 heterocycles. The smallest absolute Gasteiger partial charge is 0.244 e. The fourth-order valence-electron chi connectivity index (χ4n) is 4.34. The maximum Gasteiger partial charge on any atom is 0.244 e. The molecule has 2 saturated heterocycles. The van der Waals surface area contributed by atoms with Gasteiger partial charge in [-0.25, -0.2) is 0 Å². The summed E-state index contributed by atoms with van der Waals surface area (Å²) in [4.78, 5) is 19.0. The van der Waals surface area contributed by atoms with E-state index in [-0.39, 0.29) is 11.9 Å². The minimum Gasteiger partial charge on any atom is -0.350 e. The zero-order chi connectivity index (χ0) is 17.8. The van der Waals surface area contributed by atoms with Crippen molar-refractivity contribution in [3.63, 3.8) is 0 Å². The molecular formula is C22H25N3O. The first-order valence-corrected chi connectivity index (χ1v) is 9.46. The highest BCUT2D eigenvalue weighted by Gasteiger charge is 2.40. The number of rotatable bonds is 5. The van der Waals surface area contributed by atoms with Crippen LogP contribution >= 0.6 is 0 Å². The standard InChI is InChI=1S/C22H25N3O/c26-22(11-8-17-7-4-12-23-15-17)24-19-13-20-9-10-21(14-19)25(20)16-18-5-2-1-3-6-18/h1-8,11-12,15,19-21H,9-10,13-14,16H2,(H,24,26)/b11-8+/t19?,20-,21+. The van der Waals surface area contributed by atoms with Crippen molar-refractivity contribution in [3.8, 4) is 0 Å². The van der Waals surface area contributed by atoms with E-state index in [1.807, 2.05) is 18.2 Å². The number of fused-ring (bicyclic) bond motifs is 2. The third-order valence-corrected chi connectivity index (χ3v) is 5.55. The van der Waals surface area contributed by atoms with Gasteiger partial charge in [0.25, 0.3) is 0 Å². The highest BCUT2D eigenvalue weighted by molar-refractivity contribution is 5.91. The van der Waals surface area contributed by atoms with Crippen molar-refractivity contribution in [2.24, 2.45) is 0 Å². The molecule has 1 aromatic heterocycles. The van der Waals surface area contributed by atoms with Crippen LogP contribution in [0.1, 0.15) is 36.8 Å². The first kappa shape index (κ1) is 17.0. The topological polar surface area (TPSA) is 45.2 Å². The molecule has 3 atom stereocenters. The van der Waals surface area contributed by atoms with E-state index in [1.54, 1.807) is 18.5 Å². The number of amides is 1. The van der Waals surface area contributed by atoms with Gasteiger partial charge in [-0.15, -0.1) is 0 Å². The molecule has 0 aliphatic carbocycles. The molecule has 134 valence electrons. The van der Waals surface area contributed by atoms with Crippen LogP contribution in [0.5, 0.6) is 0 Å². The van der Waals surface area contributed by atoms with Gasteiger partial charge in [0.2, 0.25) is 5.91 Å². The Labute approximate surface area is 154 Å². The summed E-state index contributed by atoms with van der Waals surface area (Å²) in [6.45, 7) is 1.03. The largest absolute Gasteiger partial charge is 0.350 e. The molecular weight excluding hydrogens is 322 g/mol. The lowest BCUT2D eigenvalue weighted by atomic mass is 9.96. The summed E-state index contributed by atoms with van der Waals surface area (Å²) in [6, 6.07) is 16.0. The second-order valence-corrected chi connectivity index (χ2v) is 7.34. The summed E-state index contributed by atoms with van der Waals surface area (Å²) in [5.41, 5.74) is 2.33. The lowest BCUT2D eigenvalue weighted by Gasteiger charge is -2.39. The van der Waals surface area contributed by atoms with Crippen LogP contribution in [0.25, 0.3) is 6.08 Å². The van der Waals surface area contributed by atoms with Gasteiger partial charge in [-0.2, -0.15) is 0 Å². The monoisotopic (exact) mass is 347 g/mol. The molecule has 2 bridgehead atoms. The molecule has 4 heteroatoms. The van der Waals surface area contributed by atoms with Gasteiger partial charge in [-0.3, -0.25) is 14.7 Å². The number of nitrogens with one attached hydrogen (secondary N) is 1. The Morgan fingerprint density at radius 3 is 2.58 bits per heavy atom. The number of benzene rings is 1. The molecule has 1 N–H and O–H groups in total. The molecule has 0 spiro atoms.